The van der Waals surface area contributed by atoms with E-state index in [0.29, 0.717) is 34.8 Å². The van der Waals surface area contributed by atoms with Crippen LogP contribution in [0.3, 0.4) is 0 Å². The zero-order valence-electron chi connectivity index (χ0n) is 20.2. The van der Waals surface area contributed by atoms with Crippen LogP contribution in [0.2, 0.25) is 0 Å². The molecule has 1 unspecified atom stereocenters. The fraction of sp³-hybridized carbons (Fsp3) is 0.269. The highest BCUT2D eigenvalue weighted by Gasteiger charge is 2.35. The molecule has 2 amide bonds. The Labute approximate surface area is 206 Å². The molecule has 0 radical (unpaired) electrons. The molecule has 1 aliphatic heterocycles. The first-order valence-electron chi connectivity index (χ1n) is 11.2. The van der Waals surface area contributed by atoms with Crippen molar-refractivity contribution in [3.8, 4) is 22.6 Å². The highest BCUT2D eigenvalue weighted by atomic mass is 19.4. The minimum Gasteiger partial charge on any atom is -0.493 e. The van der Waals surface area contributed by atoms with E-state index in [0.717, 1.165) is 17.3 Å². The third kappa shape index (κ3) is 4.71. The van der Waals surface area contributed by atoms with Crippen molar-refractivity contribution in [1.82, 2.24) is 15.3 Å². The van der Waals surface area contributed by atoms with Crippen LogP contribution in [0.1, 0.15) is 29.3 Å². The van der Waals surface area contributed by atoms with E-state index >= 15 is 0 Å². The number of amides is 2. The normalized spacial score (nSPS) is 15.5. The van der Waals surface area contributed by atoms with E-state index in [1.165, 1.54) is 31.3 Å². The summed E-state index contributed by atoms with van der Waals surface area (Å²) in [5.74, 6) is 1.04. The van der Waals surface area contributed by atoms with Gasteiger partial charge in [0.1, 0.15) is 0 Å². The molecule has 1 aliphatic rings. The van der Waals surface area contributed by atoms with Crippen molar-refractivity contribution in [3.05, 3.63) is 77.1 Å². The molecule has 1 N–H and O–H groups in total. The Bertz CT molecular complexity index is 1310. The number of hydrogen-bond acceptors (Lipinski definition) is 5. The number of carbonyl (C=O) groups is 1. The smallest absolute Gasteiger partial charge is 0.433 e. The molecule has 1 atom stereocenters. The third-order valence-electron chi connectivity index (χ3n) is 5.97. The average Bonchev–Trinajstić information content (AvgIpc) is 3.02. The molecule has 7 nitrogen and oxygen atoms in total. The van der Waals surface area contributed by atoms with Crippen LogP contribution < -0.4 is 14.8 Å². The van der Waals surface area contributed by atoms with Crippen molar-refractivity contribution in [2.75, 3.05) is 21.3 Å². The van der Waals surface area contributed by atoms with Crippen molar-refractivity contribution < 1.29 is 27.4 Å². The van der Waals surface area contributed by atoms with E-state index in [1.54, 1.807) is 37.4 Å². The lowest BCUT2D eigenvalue weighted by molar-refractivity contribution is -0.140. The summed E-state index contributed by atoms with van der Waals surface area (Å²) in [6.07, 6.45) is -2.97. The second-order valence-electron chi connectivity index (χ2n) is 8.24. The Morgan fingerprint density at radius 3 is 2.28 bits per heavy atom. The molecule has 3 aromatic rings. The lowest BCUT2D eigenvalue weighted by Gasteiger charge is -2.22. The number of hydrazone groups is 1. The van der Waals surface area contributed by atoms with Crippen molar-refractivity contribution >= 4 is 11.7 Å². The summed E-state index contributed by atoms with van der Waals surface area (Å²) < 4.78 is 51.4. The van der Waals surface area contributed by atoms with Crippen LogP contribution >= 0.6 is 0 Å². The molecular weight excluding hydrogens is 473 g/mol. The van der Waals surface area contributed by atoms with Gasteiger partial charge in [-0.2, -0.15) is 18.3 Å². The van der Waals surface area contributed by atoms with Crippen molar-refractivity contribution in [1.29, 1.82) is 0 Å². The molecule has 4 rings (SSSR count). The maximum absolute atomic E-state index is 13.5. The van der Waals surface area contributed by atoms with E-state index in [2.05, 4.69) is 15.4 Å². The Balaban J connectivity index is 1.86. The molecule has 36 heavy (non-hydrogen) atoms. The van der Waals surface area contributed by atoms with Gasteiger partial charge in [-0.15, -0.1) is 0 Å². The van der Waals surface area contributed by atoms with Gasteiger partial charge >= 0.3 is 12.2 Å². The Morgan fingerprint density at radius 2 is 1.67 bits per heavy atom. The first kappa shape index (κ1) is 25.0. The summed E-state index contributed by atoms with van der Waals surface area (Å²) in [6.45, 7) is 1.88. The molecule has 1 aromatic heterocycles. The summed E-state index contributed by atoms with van der Waals surface area (Å²) in [6, 6.07) is 12.4. The number of urea groups is 1. The zero-order chi connectivity index (χ0) is 26.0. The van der Waals surface area contributed by atoms with Crippen molar-refractivity contribution in [2.24, 2.45) is 5.10 Å². The number of pyridine rings is 1. The largest absolute Gasteiger partial charge is 0.493 e. The van der Waals surface area contributed by atoms with Gasteiger partial charge < -0.3 is 14.8 Å². The molecule has 0 saturated heterocycles. The summed E-state index contributed by atoms with van der Waals surface area (Å²) in [5.41, 5.74) is 2.10. The number of methoxy groups -OCH3 is 2. The Morgan fingerprint density at radius 1 is 1.03 bits per heavy atom. The minimum atomic E-state index is -4.58. The number of benzene rings is 2. The number of hydrogen-bond donors (Lipinski definition) is 1. The van der Waals surface area contributed by atoms with Crippen molar-refractivity contribution in [3.63, 3.8) is 0 Å². The lowest BCUT2D eigenvalue weighted by atomic mass is 9.93. The fourth-order valence-corrected chi connectivity index (χ4v) is 4.22. The standard InChI is InChI=1S/C26H25F3N4O3/c1-15-12-18-13-21(35-3)22(36-4)14-20(18)23(32-33(15)25(34)30-2)17-9-7-16(8-10-17)19-6-5-11-31-24(19)26(27,28)29/h5-11,13-15H,12H2,1-4H3,(H,30,34). The number of halogens is 3. The van der Waals surface area contributed by atoms with Crippen LogP contribution in [0.5, 0.6) is 11.5 Å². The Kier molecular flexibility index (Phi) is 6.87. The van der Waals surface area contributed by atoms with Gasteiger partial charge in [0.25, 0.3) is 0 Å². The summed E-state index contributed by atoms with van der Waals surface area (Å²) >= 11 is 0. The minimum absolute atomic E-state index is 0.0215. The maximum atomic E-state index is 13.5. The first-order valence-corrected chi connectivity index (χ1v) is 11.2. The zero-order valence-corrected chi connectivity index (χ0v) is 20.2. The third-order valence-corrected chi connectivity index (χ3v) is 5.97. The second kappa shape index (κ2) is 9.88. The molecule has 2 heterocycles. The fourth-order valence-electron chi connectivity index (χ4n) is 4.22. The van der Waals surface area contributed by atoms with E-state index in [9.17, 15) is 18.0 Å². The predicted octanol–water partition coefficient (Wildman–Crippen LogP) is 5.12. The molecule has 0 saturated carbocycles. The van der Waals surface area contributed by atoms with E-state index in [1.807, 2.05) is 13.0 Å². The quantitative estimate of drug-likeness (QED) is 0.542. The molecule has 0 fully saturated rings. The predicted molar refractivity (Wildman–Crippen MR) is 129 cm³/mol. The van der Waals surface area contributed by atoms with Gasteiger partial charge in [-0.3, -0.25) is 4.98 Å². The van der Waals surface area contributed by atoms with Gasteiger partial charge in [0.15, 0.2) is 17.2 Å². The van der Waals surface area contributed by atoms with Gasteiger partial charge in [0, 0.05) is 29.9 Å². The van der Waals surface area contributed by atoms with Crippen molar-refractivity contribution in [2.45, 2.75) is 25.6 Å². The number of alkyl halides is 3. The van der Waals surface area contributed by atoms with Gasteiger partial charge in [0.05, 0.1) is 26.0 Å². The highest BCUT2D eigenvalue weighted by Crippen LogP contribution is 2.37. The summed E-state index contributed by atoms with van der Waals surface area (Å²) in [5, 5.41) is 8.65. The van der Waals surface area contributed by atoms with Gasteiger partial charge in [-0.1, -0.05) is 30.3 Å². The molecule has 188 valence electrons. The molecular formula is C26H25F3N4O3. The molecule has 10 heteroatoms. The highest BCUT2D eigenvalue weighted by molar-refractivity contribution is 6.14. The molecule has 2 aromatic carbocycles. The number of aromatic nitrogens is 1. The van der Waals surface area contributed by atoms with Crippen LogP contribution in [0.4, 0.5) is 18.0 Å². The number of nitrogens with one attached hydrogen (secondary N) is 1. The monoisotopic (exact) mass is 498 g/mol. The van der Waals surface area contributed by atoms with Crippen LogP contribution in [0.25, 0.3) is 11.1 Å². The number of nitrogens with zero attached hydrogens (tertiary/aromatic N) is 3. The second-order valence-corrected chi connectivity index (χ2v) is 8.24. The number of ether oxygens (including phenoxy) is 2. The molecule has 0 bridgehead atoms. The lowest BCUT2D eigenvalue weighted by Crippen LogP contribution is -2.41. The van der Waals surface area contributed by atoms with E-state index < -0.39 is 11.9 Å². The summed E-state index contributed by atoms with van der Waals surface area (Å²) in [4.78, 5) is 16.2. The van der Waals surface area contributed by atoms with Crippen LogP contribution in [-0.4, -0.2) is 49.0 Å². The number of fused-ring (bicyclic) bond motifs is 1. The van der Waals surface area contributed by atoms with Crippen LogP contribution in [0, 0.1) is 0 Å². The van der Waals surface area contributed by atoms with E-state index in [4.69, 9.17) is 9.47 Å². The van der Waals surface area contributed by atoms with Crippen LogP contribution in [0.15, 0.2) is 59.8 Å². The summed E-state index contributed by atoms with van der Waals surface area (Å²) in [7, 11) is 4.59. The molecule has 0 spiro atoms. The van der Waals surface area contributed by atoms with Crippen LogP contribution in [-0.2, 0) is 12.6 Å². The van der Waals surface area contributed by atoms with Gasteiger partial charge in [0.2, 0.25) is 0 Å². The topological polar surface area (TPSA) is 76.1 Å². The average molecular weight is 499 g/mol. The SMILES string of the molecule is CNC(=O)N1N=C(c2ccc(-c3cccnc3C(F)(F)F)cc2)c2cc(OC)c(OC)cc2CC1C. The van der Waals surface area contributed by atoms with Gasteiger partial charge in [-0.05, 0) is 42.7 Å². The first-order chi connectivity index (χ1) is 17.2. The Hall–Kier alpha value is -4.08. The van der Waals surface area contributed by atoms with E-state index in [-0.39, 0.29) is 17.6 Å². The maximum Gasteiger partial charge on any atom is 0.433 e. The number of rotatable bonds is 4. The van der Waals surface area contributed by atoms with Gasteiger partial charge in [-0.25, -0.2) is 9.80 Å². The molecule has 0 aliphatic carbocycles. The number of carbonyl (C=O) groups excluding carboxylic acids is 1.